The summed E-state index contributed by atoms with van der Waals surface area (Å²) in [6, 6.07) is 2.43. The van der Waals surface area contributed by atoms with E-state index in [1.807, 2.05) is 0 Å². The Labute approximate surface area is 127 Å². The number of hydrogen-bond acceptors (Lipinski definition) is 5. The molecule has 0 bridgehead atoms. The maximum atomic E-state index is 12.7. The average Bonchev–Trinajstić information content (AvgIpc) is 2.46. The van der Waals surface area contributed by atoms with Crippen molar-refractivity contribution in [1.82, 2.24) is 0 Å². The summed E-state index contributed by atoms with van der Waals surface area (Å²) in [4.78, 5) is 25.3. The first-order valence-corrected chi connectivity index (χ1v) is 7.09. The lowest BCUT2D eigenvalue weighted by atomic mass is 9.96. The van der Waals surface area contributed by atoms with E-state index < -0.39 is 17.6 Å². The number of carboxylic acid groups (broad SMARTS) is 1. The first-order valence-electron chi connectivity index (χ1n) is 7.09. The van der Waals surface area contributed by atoms with Crippen molar-refractivity contribution in [2.45, 2.75) is 32.4 Å². The Morgan fingerprint density at radius 2 is 1.91 bits per heavy atom. The molecule has 3 rings (SSSR count). The third-order valence-corrected chi connectivity index (χ3v) is 3.87. The lowest BCUT2D eigenvalue weighted by molar-refractivity contribution is -0.140. The number of fused-ring (bicyclic) bond motifs is 2. The molecule has 1 atom stereocenters. The molecule has 2 N–H and O–H groups in total. The Hall–Kier alpha value is -2.44. The molecule has 0 spiro atoms. The first-order chi connectivity index (χ1) is 10.3. The Bertz CT molecular complexity index is 656. The van der Waals surface area contributed by atoms with Crippen molar-refractivity contribution in [3.8, 4) is 11.5 Å². The molecule has 0 aromatic heterocycles. The number of hydrogen-bond donors (Lipinski definition) is 2. The predicted octanol–water partition coefficient (Wildman–Crippen LogP) is 1.47. The molecule has 0 fully saturated rings. The molecule has 0 radical (unpaired) electrons. The van der Waals surface area contributed by atoms with Gasteiger partial charge in [0.05, 0.1) is 11.4 Å². The number of carbonyl (C=O) groups excluding carboxylic acids is 1. The van der Waals surface area contributed by atoms with Crippen molar-refractivity contribution in [3.05, 3.63) is 12.1 Å². The van der Waals surface area contributed by atoms with E-state index >= 15 is 0 Å². The van der Waals surface area contributed by atoms with Gasteiger partial charge in [-0.15, -0.1) is 0 Å². The summed E-state index contributed by atoms with van der Waals surface area (Å²) < 4.78 is 11.1. The van der Waals surface area contributed by atoms with Gasteiger partial charge >= 0.3 is 5.97 Å². The highest BCUT2D eigenvalue weighted by Gasteiger charge is 2.43. The molecule has 1 aromatic carbocycles. The quantitative estimate of drug-likeness (QED) is 0.860. The first kappa shape index (κ1) is 14.5. The second-order valence-corrected chi connectivity index (χ2v) is 5.95. The van der Waals surface area contributed by atoms with E-state index in [-0.39, 0.29) is 5.91 Å². The third-order valence-electron chi connectivity index (χ3n) is 3.87. The fourth-order valence-corrected chi connectivity index (χ4v) is 2.67. The fourth-order valence-electron chi connectivity index (χ4n) is 2.67. The van der Waals surface area contributed by atoms with Gasteiger partial charge in [0.25, 0.3) is 5.91 Å². The maximum absolute atomic E-state index is 12.7. The largest absolute Gasteiger partial charge is 0.486 e. The minimum absolute atomic E-state index is 0.299. The Balaban J connectivity index is 2.15. The molecule has 22 heavy (non-hydrogen) atoms. The summed E-state index contributed by atoms with van der Waals surface area (Å²) in [5.41, 5.74) is 0.242. The number of benzene rings is 1. The third kappa shape index (κ3) is 2.13. The minimum Gasteiger partial charge on any atom is -0.486 e. The standard InChI is InChI=1S/C15H18N2O5/c1-8(13(18)19)17-10-7-12-11(21-4-5-22-12)6-9(10)16-15(2,3)14(17)20/h6-8,16H,4-5H2,1-3H3,(H,18,19). The minimum atomic E-state index is -1.06. The smallest absolute Gasteiger partial charge is 0.326 e. The molecule has 1 unspecified atom stereocenters. The monoisotopic (exact) mass is 306 g/mol. The van der Waals surface area contributed by atoms with Gasteiger partial charge in [-0.1, -0.05) is 0 Å². The van der Waals surface area contributed by atoms with Crippen LogP contribution in [0.15, 0.2) is 12.1 Å². The van der Waals surface area contributed by atoms with Crippen molar-refractivity contribution < 1.29 is 24.2 Å². The molecule has 1 aromatic rings. The second-order valence-electron chi connectivity index (χ2n) is 5.95. The van der Waals surface area contributed by atoms with E-state index in [0.717, 1.165) is 0 Å². The number of anilines is 2. The van der Waals surface area contributed by atoms with Crippen LogP contribution in [-0.2, 0) is 9.59 Å². The molecule has 118 valence electrons. The van der Waals surface area contributed by atoms with Gasteiger partial charge in [0.2, 0.25) is 0 Å². The van der Waals surface area contributed by atoms with Crippen LogP contribution >= 0.6 is 0 Å². The molecule has 0 saturated carbocycles. The number of rotatable bonds is 2. The van der Waals surface area contributed by atoms with E-state index in [1.165, 1.54) is 11.8 Å². The Kier molecular flexibility index (Phi) is 3.16. The molecule has 2 heterocycles. The number of carbonyl (C=O) groups is 2. The van der Waals surface area contributed by atoms with Crippen LogP contribution < -0.4 is 19.7 Å². The molecule has 2 aliphatic rings. The normalized spacial score (nSPS) is 20.0. The summed E-state index contributed by atoms with van der Waals surface area (Å²) in [7, 11) is 0. The number of carboxylic acids is 1. The van der Waals surface area contributed by atoms with Gasteiger partial charge in [0.15, 0.2) is 11.5 Å². The van der Waals surface area contributed by atoms with Gasteiger partial charge in [-0.25, -0.2) is 4.79 Å². The summed E-state index contributed by atoms with van der Waals surface area (Å²) >= 11 is 0. The van der Waals surface area contributed by atoms with Crippen molar-refractivity contribution in [2.24, 2.45) is 0 Å². The van der Waals surface area contributed by atoms with Crippen molar-refractivity contribution in [2.75, 3.05) is 23.4 Å². The molecular formula is C15H18N2O5. The highest BCUT2D eigenvalue weighted by atomic mass is 16.6. The van der Waals surface area contributed by atoms with Gasteiger partial charge in [0.1, 0.15) is 24.8 Å². The van der Waals surface area contributed by atoms with Crippen LogP contribution in [0.2, 0.25) is 0 Å². The number of nitrogens with one attached hydrogen (secondary N) is 1. The molecule has 7 nitrogen and oxygen atoms in total. The summed E-state index contributed by atoms with van der Waals surface area (Å²) in [5.74, 6) is -0.258. The molecule has 0 aliphatic carbocycles. The molecule has 7 heteroatoms. The van der Waals surface area contributed by atoms with Crippen LogP contribution in [0.4, 0.5) is 11.4 Å². The van der Waals surface area contributed by atoms with Crippen LogP contribution in [0.1, 0.15) is 20.8 Å². The van der Waals surface area contributed by atoms with Gasteiger partial charge < -0.3 is 19.9 Å². The highest BCUT2D eigenvalue weighted by Crippen LogP contribution is 2.44. The van der Waals surface area contributed by atoms with Crippen LogP contribution in [0.25, 0.3) is 0 Å². The molecule has 0 saturated heterocycles. The zero-order valence-electron chi connectivity index (χ0n) is 12.7. The van der Waals surface area contributed by atoms with Crippen LogP contribution in [0.3, 0.4) is 0 Å². The molecule has 2 aliphatic heterocycles. The van der Waals surface area contributed by atoms with Crippen LogP contribution in [0.5, 0.6) is 11.5 Å². The number of amides is 1. The lowest BCUT2D eigenvalue weighted by Gasteiger charge is -2.42. The van der Waals surface area contributed by atoms with E-state index in [0.29, 0.717) is 36.1 Å². The van der Waals surface area contributed by atoms with Crippen molar-refractivity contribution in [3.63, 3.8) is 0 Å². The van der Waals surface area contributed by atoms with E-state index in [9.17, 15) is 14.7 Å². The zero-order valence-corrected chi connectivity index (χ0v) is 12.7. The maximum Gasteiger partial charge on any atom is 0.326 e. The van der Waals surface area contributed by atoms with Gasteiger partial charge in [0, 0.05) is 12.1 Å². The van der Waals surface area contributed by atoms with Gasteiger partial charge in [-0.2, -0.15) is 0 Å². The SMILES string of the molecule is CC(C(=O)O)N1C(=O)C(C)(C)Nc2cc3c(cc21)OCCO3. The van der Waals surface area contributed by atoms with Crippen molar-refractivity contribution >= 4 is 23.3 Å². The van der Waals surface area contributed by atoms with Crippen LogP contribution in [0, 0.1) is 0 Å². The zero-order chi connectivity index (χ0) is 16.1. The van der Waals surface area contributed by atoms with Gasteiger partial charge in [-0.05, 0) is 20.8 Å². The average molecular weight is 306 g/mol. The second kappa shape index (κ2) is 4.79. The highest BCUT2D eigenvalue weighted by molar-refractivity contribution is 6.10. The van der Waals surface area contributed by atoms with E-state index in [1.54, 1.807) is 26.0 Å². The summed E-state index contributed by atoms with van der Waals surface area (Å²) in [6.45, 7) is 5.81. The number of aliphatic carboxylic acids is 1. The molecule has 1 amide bonds. The van der Waals surface area contributed by atoms with Crippen LogP contribution in [-0.4, -0.2) is 41.8 Å². The summed E-state index contributed by atoms with van der Waals surface area (Å²) in [5, 5.41) is 12.5. The lowest BCUT2D eigenvalue weighted by Crippen LogP contribution is -2.58. The Morgan fingerprint density at radius 3 is 2.50 bits per heavy atom. The van der Waals surface area contributed by atoms with Crippen molar-refractivity contribution in [1.29, 1.82) is 0 Å². The predicted molar refractivity (Wildman–Crippen MR) is 79.7 cm³/mol. The topological polar surface area (TPSA) is 88.1 Å². The number of ether oxygens (including phenoxy) is 2. The molecular weight excluding hydrogens is 288 g/mol. The number of nitrogens with zero attached hydrogens (tertiary/aromatic N) is 1. The fraction of sp³-hybridized carbons (Fsp3) is 0.467. The Morgan fingerprint density at radius 1 is 1.32 bits per heavy atom. The summed E-state index contributed by atoms with van der Waals surface area (Å²) in [6.07, 6.45) is 0. The van der Waals surface area contributed by atoms with E-state index in [4.69, 9.17) is 9.47 Å². The van der Waals surface area contributed by atoms with E-state index in [2.05, 4.69) is 5.32 Å². The van der Waals surface area contributed by atoms with Gasteiger partial charge in [-0.3, -0.25) is 9.69 Å².